The van der Waals surface area contributed by atoms with E-state index in [2.05, 4.69) is 13.5 Å². The zero-order valence-electron chi connectivity index (χ0n) is 19.6. The van der Waals surface area contributed by atoms with Gasteiger partial charge in [0, 0.05) is 12.5 Å². The number of rotatable bonds is 13. The van der Waals surface area contributed by atoms with Crippen molar-refractivity contribution in [2.24, 2.45) is 0 Å². The molecule has 0 saturated heterocycles. The molecule has 0 fully saturated rings. The molecule has 1 aliphatic heterocycles. The van der Waals surface area contributed by atoms with Crippen molar-refractivity contribution in [3.8, 4) is 0 Å². The molecule has 174 valence electrons. The lowest BCUT2D eigenvalue weighted by Crippen LogP contribution is -2.61. The van der Waals surface area contributed by atoms with Gasteiger partial charge in [-0.25, -0.2) is 4.79 Å². The normalized spacial score (nSPS) is 21.6. The van der Waals surface area contributed by atoms with Gasteiger partial charge in [0.25, 0.3) is 0 Å². The van der Waals surface area contributed by atoms with E-state index >= 15 is 0 Å². The van der Waals surface area contributed by atoms with Crippen molar-refractivity contribution in [2.45, 2.75) is 90.7 Å². The minimum Gasteiger partial charge on any atom is -0.620 e. The van der Waals surface area contributed by atoms with Gasteiger partial charge in [-0.1, -0.05) is 89.5 Å². The third kappa shape index (κ3) is 9.38. The number of carbonyl (C=O) groups is 1. The zero-order chi connectivity index (χ0) is 23.2. The van der Waals surface area contributed by atoms with Gasteiger partial charge in [0.05, 0.1) is 12.7 Å². The summed E-state index contributed by atoms with van der Waals surface area (Å²) >= 11 is 0. The maximum Gasteiger partial charge on any atom is 0.333 e. The monoisotopic (exact) mass is 431 g/mol. The lowest BCUT2D eigenvalue weighted by Gasteiger charge is -2.52. The van der Waals surface area contributed by atoms with Crippen molar-refractivity contribution in [3.63, 3.8) is 0 Å². The molecule has 0 radical (unpaired) electrons. The van der Waals surface area contributed by atoms with Crippen molar-refractivity contribution in [2.75, 3.05) is 6.61 Å². The molecule has 0 saturated carbocycles. The maximum absolute atomic E-state index is 12.0. The van der Waals surface area contributed by atoms with Gasteiger partial charge in [-0.05, 0) is 25.5 Å². The Morgan fingerprint density at radius 2 is 1.55 bits per heavy atom. The Hall–Kier alpha value is -1.95. The zero-order valence-corrected chi connectivity index (χ0v) is 19.6. The van der Waals surface area contributed by atoms with Crippen LogP contribution in [0.4, 0.5) is 5.69 Å². The molecule has 2 atom stereocenters. The second-order valence-corrected chi connectivity index (χ2v) is 8.50. The standard InChI is InChI=1S/C16H30O2.C10H11NO2/c1-4-5-6-7-8-9-10-11-12-13-14-18-16(17)15(2)3;1-10(12)7-8-11(10,13)9-5-3-2-4-6-9/h2,4-14H2,1,3H3;2-8,12H,1H3. The fraction of sp³-hybridized carbons (Fsp3) is 0.577. The first-order chi connectivity index (χ1) is 14.7. The first-order valence-electron chi connectivity index (χ1n) is 11.7. The van der Waals surface area contributed by atoms with E-state index in [-0.39, 0.29) is 5.97 Å². The van der Waals surface area contributed by atoms with Gasteiger partial charge in [0.15, 0.2) is 0 Å². The molecule has 0 spiro atoms. The number of benzene rings is 1. The number of unbranched alkanes of at least 4 members (excludes halogenated alkanes) is 9. The molecule has 0 bridgehead atoms. The van der Waals surface area contributed by atoms with Crippen molar-refractivity contribution in [1.82, 2.24) is 4.65 Å². The number of para-hydroxylation sites is 1. The van der Waals surface area contributed by atoms with Gasteiger partial charge in [-0.15, -0.1) is 0 Å². The summed E-state index contributed by atoms with van der Waals surface area (Å²) in [5.41, 5.74) is -0.279. The van der Waals surface area contributed by atoms with E-state index in [0.717, 1.165) is 6.42 Å². The highest BCUT2D eigenvalue weighted by Crippen LogP contribution is 2.38. The van der Waals surface area contributed by atoms with E-state index in [1.165, 1.54) is 77.0 Å². The van der Waals surface area contributed by atoms with E-state index in [0.29, 0.717) is 17.9 Å². The molecule has 5 nitrogen and oxygen atoms in total. The highest BCUT2D eigenvalue weighted by atomic mass is 16.6. The third-order valence-corrected chi connectivity index (χ3v) is 5.49. The number of nitrogens with zero attached hydrogens (tertiary/aromatic N) is 1. The van der Waals surface area contributed by atoms with Crippen LogP contribution in [0.1, 0.15) is 85.0 Å². The fourth-order valence-electron chi connectivity index (χ4n) is 3.30. The van der Waals surface area contributed by atoms with Crippen LogP contribution in [-0.4, -0.2) is 23.4 Å². The van der Waals surface area contributed by atoms with Crippen LogP contribution >= 0.6 is 0 Å². The number of esters is 1. The van der Waals surface area contributed by atoms with E-state index in [1.54, 1.807) is 31.2 Å². The van der Waals surface area contributed by atoms with Crippen molar-refractivity contribution in [1.29, 1.82) is 0 Å². The number of quaternary nitrogens is 1. The molecule has 1 aromatic carbocycles. The van der Waals surface area contributed by atoms with Crippen LogP contribution in [0.25, 0.3) is 0 Å². The Labute approximate surface area is 188 Å². The summed E-state index contributed by atoms with van der Waals surface area (Å²) < 4.78 is 4.25. The van der Waals surface area contributed by atoms with Crippen LogP contribution < -0.4 is 4.65 Å². The highest BCUT2D eigenvalue weighted by molar-refractivity contribution is 5.86. The van der Waals surface area contributed by atoms with Crippen LogP contribution in [0.3, 0.4) is 0 Å². The van der Waals surface area contributed by atoms with Crippen LogP contribution in [0.2, 0.25) is 0 Å². The predicted molar refractivity (Wildman–Crippen MR) is 129 cm³/mol. The molecular weight excluding hydrogens is 390 g/mol. The number of hydroxylamine groups is 2. The Bertz CT molecular complexity index is 684. The molecule has 1 N–H and O–H groups in total. The van der Waals surface area contributed by atoms with E-state index in [4.69, 9.17) is 4.74 Å². The summed E-state index contributed by atoms with van der Waals surface area (Å²) in [6, 6.07) is 8.84. The number of hydrogen-bond donors (Lipinski definition) is 1. The van der Waals surface area contributed by atoms with E-state index in [1.807, 2.05) is 6.07 Å². The number of aliphatic hydroxyl groups is 1. The Balaban J connectivity index is 0.000000323. The van der Waals surface area contributed by atoms with Crippen molar-refractivity contribution < 1.29 is 14.6 Å². The molecule has 2 rings (SSSR count). The largest absolute Gasteiger partial charge is 0.620 e. The molecule has 5 heteroatoms. The van der Waals surface area contributed by atoms with Gasteiger partial charge in [0.1, 0.15) is 11.9 Å². The molecule has 1 aliphatic rings. The van der Waals surface area contributed by atoms with Gasteiger partial charge < -0.3 is 15.1 Å². The average molecular weight is 432 g/mol. The van der Waals surface area contributed by atoms with Crippen molar-refractivity contribution >= 4 is 11.7 Å². The fourth-order valence-corrected chi connectivity index (χ4v) is 3.30. The molecule has 1 aromatic rings. The predicted octanol–water partition coefficient (Wildman–Crippen LogP) is 6.75. The van der Waals surface area contributed by atoms with Gasteiger partial charge >= 0.3 is 5.97 Å². The third-order valence-electron chi connectivity index (χ3n) is 5.49. The summed E-state index contributed by atoms with van der Waals surface area (Å²) in [4.78, 5) is 11.1. The second kappa shape index (κ2) is 14.2. The summed E-state index contributed by atoms with van der Waals surface area (Å²) in [5, 5.41) is 21.7. The lowest BCUT2D eigenvalue weighted by molar-refractivity contribution is -0.139. The van der Waals surface area contributed by atoms with E-state index in [9.17, 15) is 15.1 Å². The number of hydrogen-bond acceptors (Lipinski definition) is 4. The lowest BCUT2D eigenvalue weighted by atomic mass is 10.1. The second-order valence-electron chi connectivity index (χ2n) is 8.50. The molecule has 0 aromatic heterocycles. The van der Waals surface area contributed by atoms with Crippen molar-refractivity contribution in [3.05, 3.63) is 60.0 Å². The van der Waals surface area contributed by atoms with E-state index < -0.39 is 10.4 Å². The number of ether oxygens (including phenoxy) is 1. The molecule has 31 heavy (non-hydrogen) atoms. The summed E-state index contributed by atoms with van der Waals surface area (Å²) in [5.74, 6) is -0.258. The minimum absolute atomic E-state index is 0.258. The Morgan fingerprint density at radius 1 is 1.03 bits per heavy atom. The SMILES string of the molecule is C=C(C)C(=O)OCCCCCCCCCCCC.CC1(O)C=C[N+]1([O-])c1ccccc1. The highest BCUT2D eigenvalue weighted by Gasteiger charge is 2.45. The van der Waals surface area contributed by atoms with Crippen LogP contribution in [0, 0.1) is 5.21 Å². The van der Waals surface area contributed by atoms with Gasteiger partial charge in [-0.2, -0.15) is 0 Å². The minimum atomic E-state index is -1.32. The first kappa shape index (κ1) is 27.1. The molecular formula is C26H41NO4. The summed E-state index contributed by atoms with van der Waals surface area (Å²) in [6.45, 7) is 9.53. The topological polar surface area (TPSA) is 69.6 Å². The maximum atomic E-state index is 12.0. The summed E-state index contributed by atoms with van der Waals surface area (Å²) in [6.07, 6.45) is 15.9. The molecule has 1 heterocycles. The van der Waals surface area contributed by atoms with Crippen LogP contribution in [0.5, 0.6) is 0 Å². The molecule has 0 aliphatic carbocycles. The van der Waals surface area contributed by atoms with Gasteiger partial charge in [-0.3, -0.25) is 4.65 Å². The molecule has 0 amide bonds. The average Bonchev–Trinajstić information content (AvgIpc) is 2.77. The molecule has 2 unspecified atom stereocenters. The van der Waals surface area contributed by atoms with Crippen LogP contribution in [0.15, 0.2) is 54.8 Å². The summed E-state index contributed by atoms with van der Waals surface area (Å²) in [7, 11) is 0. The Morgan fingerprint density at radius 3 is 1.97 bits per heavy atom. The Kier molecular flexibility index (Phi) is 12.4. The number of carbonyl (C=O) groups excluding carboxylic acids is 1. The smallest absolute Gasteiger partial charge is 0.333 e. The quantitative estimate of drug-likeness (QED) is 0.123. The van der Waals surface area contributed by atoms with Crippen LogP contribution in [-0.2, 0) is 9.53 Å². The van der Waals surface area contributed by atoms with Gasteiger partial charge in [0.2, 0.25) is 5.72 Å². The first-order valence-corrected chi connectivity index (χ1v) is 11.7.